The van der Waals surface area contributed by atoms with Gasteiger partial charge >= 0.3 is 0 Å². The Morgan fingerprint density at radius 1 is 0.897 bits per heavy atom. The monoisotopic (exact) mass is 465 g/mol. The standard InChI is InChI=1S/C17H16BrN5O6/c18-13-5-7-15(22(26)27)17-10(2-1-3-12(13)17)9-19-20-14-6-4-11(21(24)25)8-16(14)23(28)29/h1-9,20-24,26,28H. The molecule has 0 spiro atoms. The highest BCUT2D eigenvalue weighted by atomic mass is 79.9. The van der Waals surface area contributed by atoms with Crippen LogP contribution in [0, 0.1) is 15.6 Å². The summed E-state index contributed by atoms with van der Waals surface area (Å²) in [5.74, 6) is 0. The number of fused-ring (bicyclic) bond motifs is 1. The topological polar surface area (TPSA) is 168 Å². The minimum atomic E-state index is -1.31. The SMILES string of the molecule is [O-][NH+](O)c1ccc(NN=Cc2cccc3c(Br)ccc([NH+]([O-])O)c23)c([NH+]([O-])O)c1. The molecule has 0 radical (unpaired) electrons. The van der Waals surface area contributed by atoms with Crippen molar-refractivity contribution in [1.29, 1.82) is 0 Å². The van der Waals surface area contributed by atoms with Crippen molar-refractivity contribution < 1.29 is 31.3 Å². The molecule has 7 N–H and O–H groups in total. The number of hydrogen-bond donors (Lipinski definition) is 7. The third-order valence-corrected chi connectivity index (χ3v) is 4.83. The molecule has 0 fully saturated rings. The summed E-state index contributed by atoms with van der Waals surface area (Å²) in [6.07, 6.45) is 1.37. The fraction of sp³-hybridized carbons (Fsp3) is 0. The Bertz CT molecular complexity index is 1060. The summed E-state index contributed by atoms with van der Waals surface area (Å²) in [5, 5.41) is 63.3. The summed E-state index contributed by atoms with van der Waals surface area (Å²) >= 11 is 3.40. The summed E-state index contributed by atoms with van der Waals surface area (Å²) < 4.78 is 0.720. The van der Waals surface area contributed by atoms with E-state index in [1.807, 2.05) is 0 Å². The first-order valence-electron chi connectivity index (χ1n) is 8.14. The average Bonchev–Trinajstić information content (AvgIpc) is 2.68. The molecule has 0 heterocycles. The lowest BCUT2D eigenvalue weighted by Gasteiger charge is -2.18. The van der Waals surface area contributed by atoms with Gasteiger partial charge in [-0.2, -0.15) is 20.8 Å². The van der Waals surface area contributed by atoms with Gasteiger partial charge in [0.15, 0.2) is 17.1 Å². The maximum absolute atomic E-state index is 11.6. The van der Waals surface area contributed by atoms with Gasteiger partial charge in [-0.25, -0.2) is 15.6 Å². The van der Waals surface area contributed by atoms with Gasteiger partial charge in [-0.1, -0.05) is 34.1 Å². The van der Waals surface area contributed by atoms with Gasteiger partial charge < -0.3 is 15.6 Å². The van der Waals surface area contributed by atoms with E-state index < -0.39 is 15.7 Å². The molecule has 11 nitrogen and oxygen atoms in total. The van der Waals surface area contributed by atoms with Crippen molar-refractivity contribution in [2.75, 3.05) is 5.43 Å². The van der Waals surface area contributed by atoms with E-state index >= 15 is 0 Å². The van der Waals surface area contributed by atoms with Crippen LogP contribution in [-0.4, -0.2) is 21.8 Å². The van der Waals surface area contributed by atoms with E-state index in [1.165, 1.54) is 24.4 Å². The third kappa shape index (κ3) is 4.58. The average molecular weight is 466 g/mol. The highest BCUT2D eigenvalue weighted by molar-refractivity contribution is 9.10. The first-order chi connectivity index (χ1) is 13.8. The molecule has 3 aromatic rings. The molecule has 3 atom stereocenters. The fourth-order valence-corrected chi connectivity index (χ4v) is 3.27. The zero-order chi connectivity index (χ0) is 21.1. The van der Waals surface area contributed by atoms with Crippen molar-refractivity contribution in [3.05, 3.63) is 74.2 Å². The minimum Gasteiger partial charge on any atom is -0.595 e. The van der Waals surface area contributed by atoms with Crippen molar-refractivity contribution in [3.63, 3.8) is 0 Å². The van der Waals surface area contributed by atoms with Crippen molar-refractivity contribution in [2.45, 2.75) is 0 Å². The lowest BCUT2D eigenvalue weighted by atomic mass is 10.0. The van der Waals surface area contributed by atoms with Gasteiger partial charge in [0, 0.05) is 27.6 Å². The number of anilines is 1. The predicted molar refractivity (Wildman–Crippen MR) is 107 cm³/mol. The molecule has 12 heteroatoms. The van der Waals surface area contributed by atoms with Crippen LogP contribution in [0.15, 0.2) is 58.1 Å². The van der Waals surface area contributed by atoms with Gasteiger partial charge in [0.25, 0.3) is 0 Å². The number of benzene rings is 3. The third-order valence-electron chi connectivity index (χ3n) is 4.14. The van der Waals surface area contributed by atoms with Crippen LogP contribution in [0.3, 0.4) is 0 Å². The molecule has 3 rings (SSSR count). The van der Waals surface area contributed by atoms with Gasteiger partial charge in [-0.15, -0.1) is 0 Å². The van der Waals surface area contributed by atoms with Gasteiger partial charge in [-0.05, 0) is 12.1 Å². The summed E-state index contributed by atoms with van der Waals surface area (Å²) in [6.45, 7) is 0. The van der Waals surface area contributed by atoms with Crippen LogP contribution in [0.2, 0.25) is 0 Å². The molecular formula is C17H16BrN5O6. The highest BCUT2D eigenvalue weighted by Gasteiger charge is 2.15. The molecular weight excluding hydrogens is 450 g/mol. The second-order valence-corrected chi connectivity index (χ2v) is 6.76. The number of nitrogens with zero attached hydrogens (tertiary/aromatic N) is 1. The molecule has 0 saturated heterocycles. The molecule has 0 saturated carbocycles. The summed E-state index contributed by atoms with van der Waals surface area (Å²) in [6, 6.07) is 11.9. The number of hydrazone groups is 1. The van der Waals surface area contributed by atoms with E-state index in [1.54, 1.807) is 24.3 Å². The lowest BCUT2D eigenvalue weighted by Crippen LogP contribution is -3.00. The summed E-state index contributed by atoms with van der Waals surface area (Å²) in [4.78, 5) is 0. The summed E-state index contributed by atoms with van der Waals surface area (Å²) in [5.41, 5.74) is 2.86. The van der Waals surface area contributed by atoms with Gasteiger partial charge in [0.2, 0.25) is 0 Å². The molecule has 0 amide bonds. The van der Waals surface area contributed by atoms with Gasteiger partial charge in [0.1, 0.15) is 5.69 Å². The van der Waals surface area contributed by atoms with Gasteiger partial charge in [0.05, 0.1) is 17.7 Å². The van der Waals surface area contributed by atoms with Crippen LogP contribution in [0.5, 0.6) is 0 Å². The number of nitrogens with one attached hydrogen (secondary N) is 4. The quantitative estimate of drug-likeness (QED) is 0.202. The van der Waals surface area contributed by atoms with E-state index in [-0.39, 0.29) is 22.7 Å². The van der Waals surface area contributed by atoms with E-state index in [0.29, 0.717) is 16.3 Å². The molecule has 0 bridgehead atoms. The van der Waals surface area contributed by atoms with Crippen LogP contribution in [0.1, 0.15) is 5.56 Å². The second kappa shape index (κ2) is 8.89. The maximum Gasteiger partial charge on any atom is 0.195 e. The van der Waals surface area contributed by atoms with Crippen molar-refractivity contribution >= 4 is 55.7 Å². The Morgan fingerprint density at radius 2 is 1.62 bits per heavy atom. The van der Waals surface area contributed by atoms with E-state index in [0.717, 1.165) is 10.5 Å². The zero-order valence-corrected chi connectivity index (χ0v) is 16.2. The number of rotatable bonds is 6. The predicted octanol–water partition coefficient (Wildman–Crippen LogP) is 0.258. The number of halogens is 1. The maximum atomic E-state index is 11.6. The van der Waals surface area contributed by atoms with Crippen LogP contribution in [0.4, 0.5) is 22.7 Å². The molecule has 152 valence electrons. The lowest BCUT2D eigenvalue weighted by molar-refractivity contribution is -0.996. The molecule has 3 unspecified atom stereocenters. The molecule has 0 aliphatic heterocycles. The Balaban J connectivity index is 1.98. The van der Waals surface area contributed by atoms with Crippen molar-refractivity contribution in [3.8, 4) is 0 Å². The van der Waals surface area contributed by atoms with E-state index in [9.17, 15) is 26.0 Å². The fourth-order valence-electron chi connectivity index (χ4n) is 2.81. The van der Waals surface area contributed by atoms with E-state index in [4.69, 9.17) is 5.21 Å². The number of quaternary nitrogens is 3. The van der Waals surface area contributed by atoms with Crippen LogP contribution >= 0.6 is 15.9 Å². The molecule has 29 heavy (non-hydrogen) atoms. The minimum absolute atomic E-state index is 0.0959. The Labute approximate surface area is 172 Å². The molecule has 0 aliphatic rings. The van der Waals surface area contributed by atoms with Gasteiger partial charge in [-0.3, -0.25) is 5.43 Å². The smallest absolute Gasteiger partial charge is 0.195 e. The molecule has 0 aliphatic carbocycles. The van der Waals surface area contributed by atoms with E-state index in [2.05, 4.69) is 26.5 Å². The van der Waals surface area contributed by atoms with Crippen LogP contribution < -0.4 is 21.1 Å². The molecule has 3 aromatic carbocycles. The first-order valence-corrected chi connectivity index (χ1v) is 8.93. The van der Waals surface area contributed by atoms with Crippen LogP contribution in [-0.2, 0) is 0 Å². The molecule has 0 aromatic heterocycles. The normalized spacial score (nSPS) is 14.9. The zero-order valence-electron chi connectivity index (χ0n) is 14.6. The Morgan fingerprint density at radius 3 is 2.28 bits per heavy atom. The van der Waals surface area contributed by atoms with Crippen molar-refractivity contribution in [1.82, 2.24) is 0 Å². The number of hydrogen-bond acceptors (Lipinski definition) is 8. The van der Waals surface area contributed by atoms with Crippen molar-refractivity contribution in [2.24, 2.45) is 5.10 Å². The first kappa shape index (κ1) is 21.2. The highest BCUT2D eigenvalue weighted by Crippen LogP contribution is 2.30. The Kier molecular flexibility index (Phi) is 6.51. The largest absolute Gasteiger partial charge is 0.595 e. The Hall–Kier alpha value is -2.49. The summed E-state index contributed by atoms with van der Waals surface area (Å²) in [7, 11) is 0. The van der Waals surface area contributed by atoms with Crippen LogP contribution in [0.25, 0.3) is 10.8 Å². The second-order valence-electron chi connectivity index (χ2n) is 5.91.